The Morgan fingerprint density at radius 2 is 0.636 bits per heavy atom. The van der Waals surface area contributed by atoms with Gasteiger partial charge in [0.1, 0.15) is 22.5 Å². The fourth-order valence-corrected chi connectivity index (χ4v) is 17.7. The summed E-state index contributed by atoms with van der Waals surface area (Å²) in [5, 5.41) is 42.5. The number of aliphatic carboxylic acids is 2. The van der Waals surface area contributed by atoms with Gasteiger partial charge >= 0.3 is 11.9 Å². The summed E-state index contributed by atoms with van der Waals surface area (Å²) in [7, 11) is 0. The number of hydrazone groups is 1. The molecule has 0 bridgehead atoms. The Morgan fingerprint density at radius 1 is 0.371 bits per heavy atom. The van der Waals surface area contributed by atoms with E-state index < -0.39 is 42.1 Å². The lowest BCUT2D eigenvalue weighted by Crippen LogP contribution is -2.42. The minimum absolute atomic E-state index is 0.0216. The second-order valence-corrected chi connectivity index (χ2v) is 34.6. The summed E-state index contributed by atoms with van der Waals surface area (Å²) in [5.41, 5.74) is 25.9. The van der Waals surface area contributed by atoms with Crippen LogP contribution in [0.25, 0.3) is 85.0 Å². The monoisotopic (exact) mass is 1900 g/mol. The Balaban J connectivity index is 0.000000147. The van der Waals surface area contributed by atoms with E-state index in [0.29, 0.717) is 15.5 Å². The molecule has 16 aromatic rings. The number of nitrogens with zero attached hydrogens (tertiary/aromatic N) is 8. The van der Waals surface area contributed by atoms with E-state index in [1.807, 2.05) is 200 Å². The number of thioether (sulfide) groups is 1. The number of nitriles is 1. The predicted molar refractivity (Wildman–Crippen MR) is 579 cm³/mol. The van der Waals surface area contributed by atoms with Crippen LogP contribution >= 0.6 is 24.0 Å². The number of carbonyl (C=O) groups excluding carboxylic acids is 4. The van der Waals surface area contributed by atoms with Crippen molar-refractivity contribution in [2.45, 2.75) is 6.92 Å². The van der Waals surface area contributed by atoms with E-state index in [-0.39, 0.29) is 38.2 Å². The number of thiocarbonyl (C=S) groups is 1. The molecule has 1 fully saturated rings. The van der Waals surface area contributed by atoms with Crippen LogP contribution in [0.4, 0.5) is 56.9 Å². The van der Waals surface area contributed by atoms with Crippen LogP contribution < -0.4 is 19.7 Å². The molecule has 20 heteroatoms. The van der Waals surface area contributed by atoms with Gasteiger partial charge in [-0.2, -0.15) is 15.4 Å². The molecule has 143 heavy (non-hydrogen) atoms. The molecule has 18 nitrogen and oxygen atoms in total. The number of amides is 4. The van der Waals surface area contributed by atoms with Crippen molar-refractivity contribution in [1.29, 1.82) is 5.26 Å². The van der Waals surface area contributed by atoms with Gasteiger partial charge in [0.15, 0.2) is 5.71 Å². The van der Waals surface area contributed by atoms with Gasteiger partial charge in [-0.25, -0.2) is 15.0 Å². The van der Waals surface area contributed by atoms with Crippen molar-refractivity contribution in [1.82, 2.24) is 9.80 Å². The number of allylic oxidation sites excluding steroid dienone is 6. The topological polar surface area (TPSA) is 228 Å². The van der Waals surface area contributed by atoms with Gasteiger partial charge in [0.05, 0.1) is 16.2 Å². The summed E-state index contributed by atoms with van der Waals surface area (Å²) in [6, 6.07) is 148. The van der Waals surface area contributed by atoms with Crippen molar-refractivity contribution in [3.63, 3.8) is 0 Å². The molecule has 4 amide bonds. The second kappa shape index (κ2) is 45.5. The van der Waals surface area contributed by atoms with Crippen LogP contribution in [0.1, 0.15) is 23.6 Å². The molecule has 0 unspecified atom stereocenters. The molecule has 3 aliphatic rings. The van der Waals surface area contributed by atoms with Crippen LogP contribution in [0.2, 0.25) is 0 Å². The largest absolute Gasteiger partial charge is 0.480 e. The van der Waals surface area contributed by atoms with Crippen LogP contribution in [0, 0.1) is 11.3 Å². The predicted octanol–water partition coefficient (Wildman–Crippen LogP) is 28.8. The summed E-state index contributed by atoms with van der Waals surface area (Å²) < 4.78 is 0.250. The third-order valence-electron chi connectivity index (χ3n) is 23.8. The first-order valence-corrected chi connectivity index (χ1v) is 46.9. The number of carboxylic acids is 2. The first kappa shape index (κ1) is 95.9. The van der Waals surface area contributed by atoms with Gasteiger partial charge < -0.3 is 29.8 Å². The fourth-order valence-electron chi connectivity index (χ4n) is 16.5. The molecule has 0 saturated carbocycles. The van der Waals surface area contributed by atoms with Crippen molar-refractivity contribution in [2.75, 3.05) is 26.3 Å². The Kier molecular flexibility index (Phi) is 30.5. The maximum absolute atomic E-state index is 13.1. The molecule has 694 valence electrons. The summed E-state index contributed by atoms with van der Waals surface area (Å²) in [6.07, 6.45) is 15.4. The number of rotatable bonds is 27. The normalized spacial score (nSPS) is 13.8. The van der Waals surface area contributed by atoms with Gasteiger partial charge in [-0.05, 0) is 242 Å². The minimum atomic E-state index is -1.26. The Labute approximate surface area is 837 Å². The fraction of sp³-hybridized carbons (Fsp3) is 0.0163. The summed E-state index contributed by atoms with van der Waals surface area (Å²) in [5.74, 6) is -5.49. The highest BCUT2D eigenvalue weighted by Crippen LogP contribution is 2.43. The third-order valence-corrected chi connectivity index (χ3v) is 25.2. The van der Waals surface area contributed by atoms with Gasteiger partial charge in [0, 0.05) is 56.8 Å². The van der Waals surface area contributed by atoms with Crippen LogP contribution in [0.3, 0.4) is 0 Å². The Bertz CT molecular complexity index is 7410. The molecular weight excluding hydrogens is 1810 g/mol. The van der Waals surface area contributed by atoms with E-state index in [0.717, 1.165) is 145 Å². The zero-order valence-electron chi connectivity index (χ0n) is 77.2. The van der Waals surface area contributed by atoms with Crippen molar-refractivity contribution in [3.8, 4) is 72.8 Å². The maximum Gasteiger partial charge on any atom is 0.357 e. The summed E-state index contributed by atoms with van der Waals surface area (Å²) in [6.45, 7) is 4.47. The van der Waals surface area contributed by atoms with E-state index in [4.69, 9.17) is 22.6 Å². The minimum Gasteiger partial charge on any atom is -0.480 e. The standard InChI is InChI=1S/C43H31N3O3.C42H31N3O4.C38H28N2O3S2/c47-42-40(41(43(48)49)44-46(42)39-16-8-3-9-17-39)18-10-11-31-19-25-36(26-20-31)45(37-27-21-34(22-28-37)32-12-4-1-5-13-32)38-29-23-35(24-30-38)33-14-6-2-7-15-33;1-29-39(41(46)44(30(2)49-48)42(47)40(29)28-43)15-9-10-31-16-22-36(23-17-31)45(37-24-18-34(19-25-37)32-11-5-3-6-12-32)38-26-20-35(21-27-38)33-13-7-4-8-14-33;41-36(42)26-39-37(43)35(45-38(39)44)13-7-8-27-14-20-32(21-15-27)40(33-22-16-30(17-23-33)28-9-3-1-4-10-28)34-24-18-31(19-25-34)29-11-5-2-6-12-29/h1-30H,(H,48,49);3-27,48H,2H2,1H3;1-25H,26H2,(H,41,42)/b11-10+,40-18-;10-9+,39-15-;8-7+,35-13-. The number of carbonyl (C=O) groups is 6. The molecule has 0 aliphatic carbocycles. The van der Waals surface area contributed by atoms with Crippen molar-refractivity contribution in [2.24, 2.45) is 5.10 Å². The van der Waals surface area contributed by atoms with Crippen molar-refractivity contribution in [3.05, 3.63) is 524 Å². The van der Waals surface area contributed by atoms with E-state index in [1.165, 1.54) is 30.2 Å². The molecule has 3 aliphatic heterocycles. The molecule has 19 rings (SSSR count). The first-order valence-electron chi connectivity index (χ1n) is 45.7. The zero-order chi connectivity index (χ0) is 99.1. The van der Waals surface area contributed by atoms with Crippen LogP contribution in [0.5, 0.6) is 0 Å². The Morgan fingerprint density at radius 3 is 0.909 bits per heavy atom. The molecule has 3 N–H and O–H groups in total. The molecule has 0 spiro atoms. The molecule has 0 radical (unpaired) electrons. The summed E-state index contributed by atoms with van der Waals surface area (Å²) >= 11 is 6.28. The van der Waals surface area contributed by atoms with Crippen molar-refractivity contribution < 1.29 is 49.1 Å². The average Bonchev–Trinajstić information content (AvgIpc) is 1.15. The smallest absolute Gasteiger partial charge is 0.357 e. The lowest BCUT2D eigenvalue weighted by atomic mass is 9.95. The maximum atomic E-state index is 13.1. The number of para-hydroxylation sites is 1. The lowest BCUT2D eigenvalue weighted by molar-refractivity contribution is -0.222. The first-order chi connectivity index (χ1) is 69.9. The molecule has 0 atom stereocenters. The highest BCUT2D eigenvalue weighted by molar-refractivity contribution is 8.26. The number of hydrogen-bond acceptors (Lipinski definition) is 15. The van der Waals surface area contributed by atoms with Crippen LogP contribution in [0.15, 0.2) is 512 Å². The van der Waals surface area contributed by atoms with Gasteiger partial charge in [-0.1, -0.05) is 370 Å². The third kappa shape index (κ3) is 22.9. The quantitative estimate of drug-likeness (QED) is 0.0109. The van der Waals surface area contributed by atoms with Gasteiger partial charge in [0.2, 0.25) is 5.88 Å². The lowest BCUT2D eigenvalue weighted by Gasteiger charge is -2.26. The zero-order valence-corrected chi connectivity index (χ0v) is 78.8. The van der Waals surface area contributed by atoms with Crippen LogP contribution in [-0.2, 0) is 33.7 Å². The van der Waals surface area contributed by atoms with Crippen LogP contribution in [-0.4, -0.2) is 77.4 Å². The number of benzene rings is 16. The van der Waals surface area contributed by atoms with E-state index in [1.54, 1.807) is 48.6 Å². The average molecular weight is 1900 g/mol. The highest BCUT2D eigenvalue weighted by atomic mass is 32.2. The highest BCUT2D eigenvalue weighted by Gasteiger charge is 2.39. The molecule has 0 aromatic heterocycles. The second-order valence-electron chi connectivity index (χ2n) is 32.9. The number of imide groups is 1. The number of carboxylic acid groups (broad SMARTS) is 2. The van der Waals surface area contributed by atoms with Crippen molar-refractivity contribution >= 4 is 145 Å². The molecular formula is C123H90N8O10S2. The molecule has 16 aromatic carbocycles. The Hall–Kier alpha value is -18.8. The van der Waals surface area contributed by atoms with E-state index in [9.17, 15) is 39.1 Å². The molecule has 3 heterocycles. The van der Waals surface area contributed by atoms with E-state index >= 15 is 0 Å². The molecule has 1 saturated heterocycles. The SMILES string of the molecule is C=C(OO)N1C(=O)C(C#N)=C(C)/C(=C/C=C/c2ccc(N(c3ccc(-c4ccccc4)cc3)c3ccc(-c4ccccc4)cc3)cc2)C1=O.O=C(O)C1=NN(c2ccccc2)C(=O)/C1=C\C=C\c1ccc(N(c2ccc(-c3ccccc3)cc2)c2ccc(-c3ccccc3)cc2)cc1.O=C(O)CN1C(=O)/C(=C/C=C/c2ccc(N(c3ccc(-c4ccccc4)cc3)c3ccc(-c4ccccc4)cc3)cc2)SC1=S. The summed E-state index contributed by atoms with van der Waals surface area (Å²) in [4.78, 5) is 86.9. The number of anilines is 10. The number of hydrogen-bond donors (Lipinski definition) is 3. The van der Waals surface area contributed by atoms with E-state index in [2.05, 4.69) is 262 Å². The van der Waals surface area contributed by atoms with Gasteiger partial charge in [0.25, 0.3) is 23.6 Å². The van der Waals surface area contributed by atoms with Gasteiger partial charge in [-0.3, -0.25) is 28.9 Å². The van der Waals surface area contributed by atoms with Gasteiger partial charge in [-0.15, -0.1) is 0 Å².